The summed E-state index contributed by atoms with van der Waals surface area (Å²) in [5.41, 5.74) is 0.0509. The number of esters is 1. The highest BCUT2D eigenvalue weighted by atomic mass is 16.5. The second-order valence-corrected chi connectivity index (χ2v) is 4.15. The molecule has 6 nitrogen and oxygen atoms in total. The summed E-state index contributed by atoms with van der Waals surface area (Å²) in [6.45, 7) is 1.95. The number of ether oxygens (including phenoxy) is 1. The van der Waals surface area contributed by atoms with Crippen molar-refractivity contribution in [2.24, 2.45) is 0 Å². The summed E-state index contributed by atoms with van der Waals surface area (Å²) in [7, 11) is 1.32. The smallest absolute Gasteiger partial charge is 0.354 e. The van der Waals surface area contributed by atoms with Crippen LogP contribution in [0.25, 0.3) is 0 Å². The van der Waals surface area contributed by atoms with Crippen LogP contribution in [0.3, 0.4) is 0 Å². The van der Waals surface area contributed by atoms with Gasteiger partial charge in [0.25, 0.3) is 0 Å². The van der Waals surface area contributed by atoms with Crippen molar-refractivity contribution in [3.05, 3.63) is 23.5 Å². The van der Waals surface area contributed by atoms with Crippen molar-refractivity contribution in [1.82, 2.24) is 10.3 Å². The van der Waals surface area contributed by atoms with Gasteiger partial charge in [-0.3, -0.25) is 0 Å². The van der Waals surface area contributed by atoms with Gasteiger partial charge in [0.15, 0.2) is 0 Å². The minimum absolute atomic E-state index is 0.260. The number of aromatic amines is 1. The molecule has 4 N–H and O–H groups in total. The third kappa shape index (κ3) is 4.18. The van der Waals surface area contributed by atoms with E-state index in [1.165, 1.54) is 14.0 Å². The van der Waals surface area contributed by atoms with Gasteiger partial charge in [-0.05, 0) is 19.1 Å². The number of H-pyrrole nitrogens is 1. The van der Waals surface area contributed by atoms with E-state index >= 15 is 0 Å². The molecule has 1 rings (SSSR count). The number of carbonyl (C=O) groups is 1. The normalized spacial score (nSPS) is 14.4. The molecule has 0 bridgehead atoms. The van der Waals surface area contributed by atoms with Crippen LogP contribution in [0.5, 0.6) is 0 Å². The molecule has 0 aliphatic heterocycles. The van der Waals surface area contributed by atoms with E-state index in [0.717, 1.165) is 5.69 Å². The van der Waals surface area contributed by atoms with Crippen LogP contribution in [0.15, 0.2) is 12.1 Å². The summed E-state index contributed by atoms with van der Waals surface area (Å²) in [4.78, 5) is 14.0. The van der Waals surface area contributed by atoms with E-state index in [1.807, 2.05) is 0 Å². The monoisotopic (exact) mass is 242 g/mol. The van der Waals surface area contributed by atoms with Crippen LogP contribution in [0.1, 0.15) is 23.1 Å². The quantitative estimate of drug-likeness (QED) is 0.511. The largest absolute Gasteiger partial charge is 0.464 e. The van der Waals surface area contributed by atoms with Gasteiger partial charge in [0.05, 0.1) is 19.3 Å². The molecule has 0 fully saturated rings. The average molecular weight is 242 g/mol. The van der Waals surface area contributed by atoms with Crippen LogP contribution < -0.4 is 5.32 Å². The molecule has 1 aromatic rings. The molecular weight excluding hydrogens is 224 g/mol. The van der Waals surface area contributed by atoms with Gasteiger partial charge in [-0.1, -0.05) is 0 Å². The first kappa shape index (κ1) is 13.7. The van der Waals surface area contributed by atoms with Gasteiger partial charge in [-0.15, -0.1) is 0 Å². The molecule has 1 aromatic heterocycles. The highest BCUT2D eigenvalue weighted by Gasteiger charge is 2.18. The van der Waals surface area contributed by atoms with E-state index in [1.54, 1.807) is 12.1 Å². The summed E-state index contributed by atoms with van der Waals surface area (Å²) >= 11 is 0. The van der Waals surface area contributed by atoms with E-state index in [0.29, 0.717) is 12.2 Å². The SMILES string of the molecule is COC(=O)c1ccc(CNCC(C)(O)CO)[nH]1. The highest BCUT2D eigenvalue weighted by molar-refractivity contribution is 5.87. The van der Waals surface area contributed by atoms with E-state index in [9.17, 15) is 9.90 Å². The van der Waals surface area contributed by atoms with Gasteiger partial charge in [-0.2, -0.15) is 0 Å². The van der Waals surface area contributed by atoms with E-state index < -0.39 is 11.6 Å². The van der Waals surface area contributed by atoms with Crippen molar-refractivity contribution >= 4 is 5.97 Å². The maximum atomic E-state index is 11.2. The molecular formula is C11H18N2O4. The standard InChI is InChI=1S/C11H18N2O4/c1-11(16,7-14)6-12-5-8-3-4-9(13-8)10(15)17-2/h3-4,12-14,16H,5-7H2,1-2H3. The molecule has 17 heavy (non-hydrogen) atoms. The lowest BCUT2D eigenvalue weighted by molar-refractivity contribution is 0.00248. The number of hydrogen-bond acceptors (Lipinski definition) is 5. The van der Waals surface area contributed by atoms with Crippen LogP contribution >= 0.6 is 0 Å². The zero-order valence-electron chi connectivity index (χ0n) is 9.99. The summed E-state index contributed by atoms with van der Waals surface area (Å²) in [6, 6.07) is 3.39. The van der Waals surface area contributed by atoms with E-state index in [4.69, 9.17) is 5.11 Å². The van der Waals surface area contributed by atoms with Crippen molar-refractivity contribution in [1.29, 1.82) is 0 Å². The first-order valence-corrected chi connectivity index (χ1v) is 5.28. The Kier molecular flexibility index (Phi) is 4.68. The summed E-state index contributed by atoms with van der Waals surface area (Å²) < 4.78 is 4.56. The molecule has 0 radical (unpaired) electrons. The zero-order valence-corrected chi connectivity index (χ0v) is 9.99. The Labute approximate surface area is 99.6 Å². The molecule has 0 aromatic carbocycles. The van der Waals surface area contributed by atoms with Gasteiger partial charge in [0, 0.05) is 18.8 Å². The molecule has 1 heterocycles. The summed E-state index contributed by atoms with van der Waals surface area (Å²) in [5.74, 6) is -0.418. The predicted molar refractivity (Wildman–Crippen MR) is 61.5 cm³/mol. The summed E-state index contributed by atoms with van der Waals surface area (Å²) in [5, 5.41) is 21.3. The fraction of sp³-hybridized carbons (Fsp3) is 0.545. The highest BCUT2D eigenvalue weighted by Crippen LogP contribution is 2.04. The van der Waals surface area contributed by atoms with Crippen molar-refractivity contribution in [3.63, 3.8) is 0 Å². The number of aromatic nitrogens is 1. The molecule has 6 heteroatoms. The Bertz CT molecular complexity index is 373. The van der Waals surface area contributed by atoms with Gasteiger partial charge < -0.3 is 25.3 Å². The predicted octanol–water partition coefficient (Wildman–Crippen LogP) is -0.366. The topological polar surface area (TPSA) is 94.6 Å². The number of aliphatic hydroxyl groups is 2. The Morgan fingerprint density at radius 1 is 1.59 bits per heavy atom. The van der Waals surface area contributed by atoms with Crippen LogP contribution in [0.2, 0.25) is 0 Å². The number of carbonyl (C=O) groups excluding carboxylic acids is 1. The maximum Gasteiger partial charge on any atom is 0.354 e. The second kappa shape index (κ2) is 5.81. The Balaban J connectivity index is 2.43. The molecule has 1 atom stereocenters. The Morgan fingerprint density at radius 2 is 2.29 bits per heavy atom. The third-order valence-electron chi connectivity index (χ3n) is 2.31. The lowest BCUT2D eigenvalue weighted by Crippen LogP contribution is -2.40. The van der Waals surface area contributed by atoms with Crippen LogP contribution in [-0.4, -0.2) is 47.0 Å². The van der Waals surface area contributed by atoms with Crippen LogP contribution in [0, 0.1) is 0 Å². The Morgan fingerprint density at radius 3 is 2.88 bits per heavy atom. The molecule has 1 unspecified atom stereocenters. The van der Waals surface area contributed by atoms with Gasteiger partial charge >= 0.3 is 5.97 Å². The zero-order chi connectivity index (χ0) is 12.9. The fourth-order valence-corrected chi connectivity index (χ4v) is 1.29. The lowest BCUT2D eigenvalue weighted by atomic mass is 10.1. The van der Waals surface area contributed by atoms with E-state index in [-0.39, 0.29) is 13.2 Å². The van der Waals surface area contributed by atoms with Crippen molar-refractivity contribution in [2.45, 2.75) is 19.1 Å². The average Bonchev–Trinajstić information content (AvgIpc) is 2.76. The molecule has 0 spiro atoms. The molecule has 96 valence electrons. The first-order chi connectivity index (χ1) is 7.98. The minimum Gasteiger partial charge on any atom is -0.464 e. The van der Waals surface area contributed by atoms with Gasteiger partial charge in [0.1, 0.15) is 5.69 Å². The van der Waals surface area contributed by atoms with Gasteiger partial charge in [-0.25, -0.2) is 4.79 Å². The fourth-order valence-electron chi connectivity index (χ4n) is 1.29. The molecule has 0 aliphatic rings. The first-order valence-electron chi connectivity index (χ1n) is 5.28. The van der Waals surface area contributed by atoms with Crippen molar-refractivity contribution < 1.29 is 19.7 Å². The number of nitrogens with one attached hydrogen (secondary N) is 2. The van der Waals surface area contributed by atoms with Crippen LogP contribution in [0.4, 0.5) is 0 Å². The molecule has 0 amide bonds. The Hall–Kier alpha value is -1.37. The molecule has 0 saturated carbocycles. The maximum absolute atomic E-state index is 11.2. The van der Waals surface area contributed by atoms with Crippen LogP contribution in [-0.2, 0) is 11.3 Å². The second-order valence-electron chi connectivity index (χ2n) is 4.15. The van der Waals surface area contributed by atoms with Gasteiger partial charge in [0.2, 0.25) is 0 Å². The number of aliphatic hydroxyl groups excluding tert-OH is 1. The summed E-state index contributed by atoms with van der Waals surface area (Å²) in [6.07, 6.45) is 0. The van der Waals surface area contributed by atoms with E-state index in [2.05, 4.69) is 15.0 Å². The number of methoxy groups -OCH3 is 1. The van der Waals surface area contributed by atoms with Crippen molar-refractivity contribution in [2.75, 3.05) is 20.3 Å². The van der Waals surface area contributed by atoms with Crippen molar-refractivity contribution in [3.8, 4) is 0 Å². The third-order valence-corrected chi connectivity index (χ3v) is 2.31. The number of hydrogen-bond donors (Lipinski definition) is 4. The molecule has 0 aliphatic carbocycles. The molecule has 0 saturated heterocycles. The number of rotatable bonds is 6. The lowest BCUT2D eigenvalue weighted by Gasteiger charge is -2.20. The minimum atomic E-state index is -1.14.